The average Bonchev–Trinajstić information content (AvgIpc) is 0.796. The molecule has 28 heteroatoms. The van der Waals surface area contributed by atoms with E-state index in [1.807, 2.05) is 279 Å². The van der Waals surface area contributed by atoms with Gasteiger partial charge in [0.15, 0.2) is 93.0 Å². The summed E-state index contributed by atoms with van der Waals surface area (Å²) in [7, 11) is 11.0. The molecule has 0 saturated carbocycles. The Morgan fingerprint density at radius 2 is 0.393 bits per heavy atom. The van der Waals surface area contributed by atoms with Gasteiger partial charge in [0.25, 0.3) is 0 Å². The zero-order valence-corrected chi connectivity index (χ0v) is 76.6. The fraction of sp³-hybridized carbons (Fsp3) is 0.0625. The number of hydrogen-bond acceptors (Lipinski definition) is 28. The standard InChI is InChI=1S/C24H21N3O4.C23H19N3O3.2C22H17N3O2.C21H15N3O2/c1-29-19-13-16(14-20(30-2)21(19)31-3)23-25-22(15-9-5-4-6-10-15)26-24(27-23)17-11-7-8-12-18(17)28;1-28-19-13-7-4-10-16(19)22-24-21(15-9-3-6-12-18(15)27)25-23(26-22)17-11-5-8-14-20(17)29-2;1-27-17-12-13-18(19(26)14-17)22-24-20(15-8-4-2-5-9-15)23-21(25-22)16-10-6-3-7-11-16;1-27-17-13-11-16(12-14-17)21-23-20(15-7-3-2-4-8-15)24-22(25-21)18-9-5-6-10-19(18)26;25-18-14-8-7-13-17(18)20-22-19(15-9-3-1-4-10-15)23-21(24-20)26-16-11-5-2-6-12-16/h4-14,28H,1-3H3;3-14,27H,1-2H3;2*2-14,26H,1H3;1-14,25H. The van der Waals surface area contributed by atoms with Crippen molar-refractivity contribution in [3.8, 4) is 240 Å². The lowest BCUT2D eigenvalue weighted by atomic mass is 10.1. The number of hydrogen-bond donors (Lipinski definition) is 5. The molecule has 0 aliphatic carbocycles. The summed E-state index contributed by atoms with van der Waals surface area (Å²) >= 11 is 0. The van der Waals surface area contributed by atoms with Crippen molar-refractivity contribution in [2.45, 2.75) is 0 Å². The molecule has 0 aliphatic rings. The second-order valence-electron chi connectivity index (χ2n) is 30.2. The van der Waals surface area contributed by atoms with Crippen molar-refractivity contribution in [2.24, 2.45) is 0 Å². The predicted octanol–water partition coefficient (Wildman–Crippen LogP) is 23.1. The van der Waals surface area contributed by atoms with Crippen LogP contribution in [0.25, 0.3) is 159 Å². The molecule has 0 bridgehead atoms. The minimum Gasteiger partial charge on any atom is -0.507 e. The summed E-state index contributed by atoms with van der Waals surface area (Å²) in [5, 5.41) is 51.5. The molecular formula is C112H89N15O13. The molecule has 5 aromatic heterocycles. The number of phenols is 5. The van der Waals surface area contributed by atoms with Crippen LogP contribution in [0.2, 0.25) is 0 Å². The van der Waals surface area contributed by atoms with Crippen molar-refractivity contribution in [1.29, 1.82) is 0 Å². The van der Waals surface area contributed by atoms with Gasteiger partial charge in [0.2, 0.25) is 5.75 Å². The molecule has 690 valence electrons. The molecule has 15 aromatic carbocycles. The van der Waals surface area contributed by atoms with Gasteiger partial charge < -0.3 is 63.4 Å². The van der Waals surface area contributed by atoms with Gasteiger partial charge in [-0.25, -0.2) is 64.8 Å². The van der Waals surface area contributed by atoms with Crippen LogP contribution in [0.15, 0.2) is 382 Å². The molecule has 20 aromatic rings. The largest absolute Gasteiger partial charge is 0.507 e. The second-order valence-corrected chi connectivity index (χ2v) is 30.2. The Balaban J connectivity index is 0.000000126. The first-order valence-corrected chi connectivity index (χ1v) is 43.7. The van der Waals surface area contributed by atoms with Gasteiger partial charge in [-0.2, -0.15) is 9.97 Å². The van der Waals surface area contributed by atoms with Gasteiger partial charge in [-0.3, -0.25) is 0 Å². The Labute approximate surface area is 805 Å². The predicted molar refractivity (Wildman–Crippen MR) is 536 cm³/mol. The van der Waals surface area contributed by atoms with Crippen LogP contribution >= 0.6 is 0 Å². The molecule has 0 atom stereocenters. The first-order valence-electron chi connectivity index (χ1n) is 43.7. The summed E-state index contributed by atoms with van der Waals surface area (Å²) in [6.07, 6.45) is 0. The zero-order valence-electron chi connectivity index (χ0n) is 76.6. The minimum absolute atomic E-state index is 0.0542. The lowest BCUT2D eigenvalue weighted by Crippen LogP contribution is -2.02. The van der Waals surface area contributed by atoms with E-state index in [0.29, 0.717) is 155 Å². The number of nitrogens with zero attached hydrogens (tertiary/aromatic N) is 15. The average molecular weight is 1850 g/mol. The van der Waals surface area contributed by atoms with Crippen molar-refractivity contribution in [3.05, 3.63) is 382 Å². The van der Waals surface area contributed by atoms with E-state index in [9.17, 15) is 25.5 Å². The van der Waals surface area contributed by atoms with Gasteiger partial charge in [0, 0.05) is 45.0 Å². The molecular weight excluding hydrogens is 1760 g/mol. The third-order valence-corrected chi connectivity index (χ3v) is 21.3. The number of aromatic nitrogens is 15. The van der Waals surface area contributed by atoms with Crippen LogP contribution < -0.4 is 37.9 Å². The van der Waals surface area contributed by atoms with Gasteiger partial charge in [0.05, 0.1) is 88.7 Å². The molecule has 140 heavy (non-hydrogen) atoms. The first-order chi connectivity index (χ1) is 68.6. The molecule has 0 aliphatic heterocycles. The van der Waals surface area contributed by atoms with Crippen LogP contribution in [-0.4, -0.2) is 150 Å². The van der Waals surface area contributed by atoms with E-state index in [1.165, 1.54) is 0 Å². The van der Waals surface area contributed by atoms with Crippen LogP contribution in [0, 0.1) is 0 Å². The maximum Gasteiger partial charge on any atom is 0.326 e. The fourth-order valence-electron chi connectivity index (χ4n) is 14.3. The van der Waals surface area contributed by atoms with Crippen molar-refractivity contribution in [2.75, 3.05) is 49.8 Å². The summed E-state index contributed by atoms with van der Waals surface area (Å²) < 4.78 is 43.5. The summed E-state index contributed by atoms with van der Waals surface area (Å²) in [5.74, 6) is 11.5. The summed E-state index contributed by atoms with van der Waals surface area (Å²) in [5.41, 5.74) is 9.89. The number of benzene rings is 15. The molecule has 0 amide bonds. The van der Waals surface area contributed by atoms with Crippen LogP contribution in [-0.2, 0) is 0 Å². The summed E-state index contributed by atoms with van der Waals surface area (Å²) in [6.45, 7) is 0. The van der Waals surface area contributed by atoms with E-state index in [1.54, 1.807) is 153 Å². The number of methoxy groups -OCH3 is 7. The molecule has 0 unspecified atom stereocenters. The smallest absolute Gasteiger partial charge is 0.326 e. The number of phenolic OH excluding ortho intramolecular Hbond substituents is 5. The Kier molecular flexibility index (Phi) is 30.5. The highest BCUT2D eigenvalue weighted by Gasteiger charge is 2.25. The fourth-order valence-corrected chi connectivity index (χ4v) is 14.3. The highest BCUT2D eigenvalue weighted by atomic mass is 16.5. The maximum atomic E-state index is 10.4. The highest BCUT2D eigenvalue weighted by Crippen LogP contribution is 2.44. The monoisotopic (exact) mass is 1850 g/mol. The van der Waals surface area contributed by atoms with Gasteiger partial charge in [-0.15, -0.1) is 0 Å². The summed E-state index contributed by atoms with van der Waals surface area (Å²) in [4.78, 5) is 68.8. The minimum atomic E-state index is 0.0542. The third kappa shape index (κ3) is 23.0. The van der Waals surface area contributed by atoms with Crippen molar-refractivity contribution in [1.82, 2.24) is 74.8 Å². The van der Waals surface area contributed by atoms with Gasteiger partial charge in [-0.05, 0) is 133 Å². The first kappa shape index (κ1) is 94.0. The van der Waals surface area contributed by atoms with E-state index in [4.69, 9.17) is 37.9 Å². The third-order valence-electron chi connectivity index (χ3n) is 21.3. The van der Waals surface area contributed by atoms with Crippen molar-refractivity contribution >= 4 is 0 Å². The van der Waals surface area contributed by atoms with Crippen LogP contribution in [0.5, 0.6) is 80.8 Å². The van der Waals surface area contributed by atoms with E-state index in [2.05, 4.69) is 74.8 Å². The van der Waals surface area contributed by atoms with Gasteiger partial charge in [0.1, 0.15) is 57.5 Å². The number of para-hydroxylation sites is 7. The van der Waals surface area contributed by atoms with Crippen LogP contribution in [0.4, 0.5) is 0 Å². The van der Waals surface area contributed by atoms with Crippen molar-refractivity contribution < 1.29 is 63.4 Å². The highest BCUT2D eigenvalue weighted by molar-refractivity contribution is 5.78. The van der Waals surface area contributed by atoms with Crippen LogP contribution in [0.1, 0.15) is 0 Å². The van der Waals surface area contributed by atoms with Crippen LogP contribution in [0.3, 0.4) is 0 Å². The maximum absolute atomic E-state index is 10.4. The molecule has 20 rings (SSSR count). The molecule has 28 nitrogen and oxygen atoms in total. The Morgan fingerprint density at radius 3 is 0.700 bits per heavy atom. The number of ether oxygens (including phenoxy) is 8. The topological polar surface area (TPSA) is 368 Å². The lowest BCUT2D eigenvalue weighted by molar-refractivity contribution is 0.324. The molecule has 0 fully saturated rings. The molecule has 0 saturated heterocycles. The van der Waals surface area contributed by atoms with E-state index >= 15 is 0 Å². The van der Waals surface area contributed by atoms with Gasteiger partial charge >= 0.3 is 6.01 Å². The molecule has 5 N–H and O–H groups in total. The van der Waals surface area contributed by atoms with E-state index < -0.39 is 0 Å². The zero-order chi connectivity index (χ0) is 97.1. The van der Waals surface area contributed by atoms with E-state index in [-0.39, 0.29) is 34.8 Å². The number of rotatable bonds is 23. The normalized spacial score (nSPS) is 10.5. The Bertz CT molecular complexity index is 7410. The Morgan fingerprint density at radius 1 is 0.157 bits per heavy atom. The SMILES string of the molecule is COc1cc(-c2nc(-c3ccccc3)nc(-c3ccccc3O)n2)cc(OC)c1OC.COc1ccc(-c2nc(-c3ccccc3)nc(-c3ccccc3)n2)c(O)c1.COc1ccc(-c2nc(-c3ccccc3)nc(-c3ccccc3O)n2)cc1.COc1ccccc1-c1nc(-c2ccccc2O)nc(-c2ccccc2OC)n1.Oc1ccccc1-c1nc(Oc2ccccc2)nc(-c2ccccc2)n1. The van der Waals surface area contributed by atoms with Gasteiger partial charge in [-0.1, -0.05) is 243 Å². The molecule has 0 spiro atoms. The number of aromatic hydroxyl groups is 5. The molecule has 5 heterocycles. The quantitative estimate of drug-likeness (QED) is 0.0397. The lowest BCUT2D eigenvalue weighted by Gasteiger charge is -2.14. The summed E-state index contributed by atoms with van der Waals surface area (Å²) in [6, 6.07) is 117. The second kappa shape index (κ2) is 45.5. The van der Waals surface area contributed by atoms with Crippen molar-refractivity contribution in [3.63, 3.8) is 0 Å². The Hall–Kier alpha value is -19.3. The molecule has 0 radical (unpaired) electrons. The van der Waals surface area contributed by atoms with E-state index in [0.717, 1.165) is 50.3 Å².